The molecule has 0 aromatic carbocycles. The molecule has 1 spiro atoms. The van der Waals surface area contributed by atoms with Crippen molar-refractivity contribution in [1.29, 1.82) is 0 Å². The smallest absolute Gasteiger partial charge is 0.223 e. The lowest BCUT2D eigenvalue weighted by Crippen LogP contribution is -2.43. The van der Waals surface area contributed by atoms with E-state index in [-0.39, 0.29) is 5.41 Å². The first kappa shape index (κ1) is 9.97. The second kappa shape index (κ2) is 3.23. The van der Waals surface area contributed by atoms with Crippen LogP contribution in [0.1, 0.15) is 26.7 Å². The number of hydrogen-bond acceptors (Lipinski definition) is 2. The maximum atomic E-state index is 11.7. The van der Waals surface area contributed by atoms with Gasteiger partial charge in [-0.05, 0) is 18.9 Å². The maximum Gasteiger partial charge on any atom is 0.223 e. The summed E-state index contributed by atoms with van der Waals surface area (Å²) in [6.45, 7) is 6.54. The number of nitrogens with one attached hydrogen (secondary N) is 1. The summed E-state index contributed by atoms with van der Waals surface area (Å²) in [5, 5.41) is 3.40. The van der Waals surface area contributed by atoms with E-state index in [1.165, 1.54) is 0 Å². The summed E-state index contributed by atoms with van der Waals surface area (Å²) in [6, 6.07) is 0.435. The van der Waals surface area contributed by atoms with Crippen molar-refractivity contribution in [2.24, 2.45) is 11.3 Å². The molecule has 14 heavy (non-hydrogen) atoms. The first-order chi connectivity index (χ1) is 6.57. The standard InChI is InChI=1S/C11H20N2O/c1-8(2)10-11(4-5-12-7-11)6-9(14)13(10)3/h8,10,12H,4-7H2,1-3H3. The summed E-state index contributed by atoms with van der Waals surface area (Å²) in [6.07, 6.45) is 1.91. The summed E-state index contributed by atoms with van der Waals surface area (Å²) in [5.41, 5.74) is 0.236. The Labute approximate surface area is 85.8 Å². The van der Waals surface area contributed by atoms with E-state index in [0.29, 0.717) is 17.9 Å². The summed E-state index contributed by atoms with van der Waals surface area (Å²) < 4.78 is 0. The Morgan fingerprint density at radius 2 is 2.29 bits per heavy atom. The van der Waals surface area contributed by atoms with E-state index in [1.807, 2.05) is 11.9 Å². The Bertz CT molecular complexity index is 244. The number of rotatable bonds is 1. The van der Waals surface area contributed by atoms with E-state index in [9.17, 15) is 4.79 Å². The van der Waals surface area contributed by atoms with Crippen LogP contribution in [0.3, 0.4) is 0 Å². The van der Waals surface area contributed by atoms with Gasteiger partial charge in [0.1, 0.15) is 0 Å². The van der Waals surface area contributed by atoms with Crippen molar-refractivity contribution in [2.45, 2.75) is 32.7 Å². The zero-order chi connectivity index (χ0) is 10.3. The van der Waals surface area contributed by atoms with Gasteiger partial charge < -0.3 is 10.2 Å². The number of amides is 1. The fourth-order valence-corrected chi connectivity index (χ4v) is 3.42. The Balaban J connectivity index is 2.28. The Morgan fingerprint density at radius 1 is 1.57 bits per heavy atom. The Kier molecular flexibility index (Phi) is 2.30. The molecule has 0 bridgehead atoms. The van der Waals surface area contributed by atoms with E-state index < -0.39 is 0 Å². The highest BCUT2D eigenvalue weighted by Gasteiger charge is 2.52. The van der Waals surface area contributed by atoms with E-state index in [0.717, 1.165) is 25.9 Å². The normalized spacial score (nSPS) is 37.9. The number of nitrogens with zero attached hydrogens (tertiary/aromatic N) is 1. The van der Waals surface area contributed by atoms with Crippen LogP contribution in [0.4, 0.5) is 0 Å². The minimum atomic E-state index is 0.236. The zero-order valence-electron chi connectivity index (χ0n) is 9.34. The first-order valence-electron chi connectivity index (χ1n) is 5.53. The molecule has 2 atom stereocenters. The molecule has 0 aromatic heterocycles. The van der Waals surface area contributed by atoms with Crippen LogP contribution in [-0.4, -0.2) is 37.0 Å². The molecule has 2 fully saturated rings. The minimum Gasteiger partial charge on any atom is -0.342 e. The molecule has 80 valence electrons. The molecule has 0 aromatic rings. The maximum absolute atomic E-state index is 11.7. The van der Waals surface area contributed by atoms with E-state index in [1.54, 1.807) is 0 Å². The van der Waals surface area contributed by atoms with Crippen LogP contribution >= 0.6 is 0 Å². The highest BCUT2D eigenvalue weighted by atomic mass is 16.2. The second-order valence-corrected chi connectivity index (χ2v) is 5.16. The molecule has 2 heterocycles. The molecular formula is C11H20N2O. The molecule has 2 rings (SSSR count). The average molecular weight is 196 g/mol. The van der Waals surface area contributed by atoms with Crippen LogP contribution < -0.4 is 5.32 Å². The Hall–Kier alpha value is -0.570. The number of hydrogen-bond donors (Lipinski definition) is 1. The summed E-state index contributed by atoms with van der Waals surface area (Å²) in [7, 11) is 1.96. The second-order valence-electron chi connectivity index (χ2n) is 5.16. The van der Waals surface area contributed by atoms with Crippen LogP contribution in [0.15, 0.2) is 0 Å². The number of likely N-dealkylation sites (tertiary alicyclic amines) is 1. The molecule has 1 N–H and O–H groups in total. The molecule has 0 saturated carbocycles. The molecule has 2 aliphatic heterocycles. The summed E-state index contributed by atoms with van der Waals surface area (Å²) in [5.74, 6) is 0.888. The third-order valence-corrected chi connectivity index (χ3v) is 3.85. The van der Waals surface area contributed by atoms with Gasteiger partial charge in [-0.25, -0.2) is 0 Å². The van der Waals surface area contributed by atoms with Gasteiger partial charge in [-0.3, -0.25) is 4.79 Å². The van der Waals surface area contributed by atoms with Crippen LogP contribution in [-0.2, 0) is 4.79 Å². The van der Waals surface area contributed by atoms with Gasteiger partial charge in [0, 0.05) is 31.5 Å². The number of carbonyl (C=O) groups excluding carboxylic acids is 1. The fourth-order valence-electron chi connectivity index (χ4n) is 3.42. The molecule has 0 radical (unpaired) electrons. The van der Waals surface area contributed by atoms with Crippen molar-refractivity contribution in [1.82, 2.24) is 10.2 Å². The van der Waals surface area contributed by atoms with Crippen LogP contribution in [0.2, 0.25) is 0 Å². The van der Waals surface area contributed by atoms with Gasteiger partial charge in [0.05, 0.1) is 0 Å². The lowest BCUT2D eigenvalue weighted by molar-refractivity contribution is -0.128. The summed E-state index contributed by atoms with van der Waals surface area (Å²) >= 11 is 0. The quantitative estimate of drug-likeness (QED) is 0.674. The minimum absolute atomic E-state index is 0.236. The van der Waals surface area contributed by atoms with Gasteiger partial charge in [-0.15, -0.1) is 0 Å². The molecule has 1 amide bonds. The van der Waals surface area contributed by atoms with E-state index >= 15 is 0 Å². The topological polar surface area (TPSA) is 32.3 Å². The molecule has 2 unspecified atom stereocenters. The van der Waals surface area contributed by atoms with Gasteiger partial charge in [-0.1, -0.05) is 13.8 Å². The van der Waals surface area contributed by atoms with Crippen molar-refractivity contribution in [3.05, 3.63) is 0 Å². The van der Waals surface area contributed by atoms with Crippen molar-refractivity contribution in [3.63, 3.8) is 0 Å². The molecule has 2 aliphatic rings. The SMILES string of the molecule is CC(C)C1N(C)C(=O)CC12CCNC2. The van der Waals surface area contributed by atoms with Crippen LogP contribution in [0.5, 0.6) is 0 Å². The van der Waals surface area contributed by atoms with Gasteiger partial charge in [-0.2, -0.15) is 0 Å². The molecule has 3 heteroatoms. The van der Waals surface area contributed by atoms with Crippen LogP contribution in [0, 0.1) is 11.3 Å². The molecule has 0 aliphatic carbocycles. The highest BCUT2D eigenvalue weighted by Crippen LogP contribution is 2.44. The van der Waals surface area contributed by atoms with Crippen LogP contribution in [0.25, 0.3) is 0 Å². The monoisotopic (exact) mass is 196 g/mol. The molecule has 2 saturated heterocycles. The summed E-state index contributed by atoms with van der Waals surface area (Å²) in [4.78, 5) is 13.7. The van der Waals surface area contributed by atoms with Crippen molar-refractivity contribution in [3.8, 4) is 0 Å². The van der Waals surface area contributed by atoms with Gasteiger partial charge in [0.2, 0.25) is 5.91 Å². The zero-order valence-corrected chi connectivity index (χ0v) is 9.34. The van der Waals surface area contributed by atoms with Crippen molar-refractivity contribution in [2.75, 3.05) is 20.1 Å². The third-order valence-electron chi connectivity index (χ3n) is 3.85. The predicted molar refractivity (Wildman–Crippen MR) is 55.9 cm³/mol. The first-order valence-corrected chi connectivity index (χ1v) is 5.53. The average Bonchev–Trinajstić information content (AvgIpc) is 2.61. The van der Waals surface area contributed by atoms with Crippen molar-refractivity contribution >= 4 is 5.91 Å². The molecule has 3 nitrogen and oxygen atoms in total. The van der Waals surface area contributed by atoms with E-state index in [2.05, 4.69) is 19.2 Å². The highest BCUT2D eigenvalue weighted by molar-refractivity contribution is 5.80. The van der Waals surface area contributed by atoms with Gasteiger partial charge in [0.15, 0.2) is 0 Å². The van der Waals surface area contributed by atoms with E-state index in [4.69, 9.17) is 0 Å². The number of carbonyl (C=O) groups is 1. The van der Waals surface area contributed by atoms with Crippen molar-refractivity contribution < 1.29 is 4.79 Å². The lowest BCUT2D eigenvalue weighted by Gasteiger charge is -2.35. The lowest BCUT2D eigenvalue weighted by atomic mass is 9.75. The van der Waals surface area contributed by atoms with Gasteiger partial charge in [0.25, 0.3) is 0 Å². The third kappa shape index (κ3) is 1.26. The predicted octanol–water partition coefficient (Wildman–Crippen LogP) is 0.853. The fraction of sp³-hybridized carbons (Fsp3) is 0.909. The molecular weight excluding hydrogens is 176 g/mol. The largest absolute Gasteiger partial charge is 0.342 e. The van der Waals surface area contributed by atoms with Gasteiger partial charge >= 0.3 is 0 Å². The Morgan fingerprint density at radius 3 is 2.79 bits per heavy atom.